The summed E-state index contributed by atoms with van der Waals surface area (Å²) in [6.45, 7) is 5.10. The lowest BCUT2D eigenvalue weighted by Crippen LogP contribution is -2.22. The van der Waals surface area contributed by atoms with Gasteiger partial charge < -0.3 is 14.6 Å². The van der Waals surface area contributed by atoms with Gasteiger partial charge in [0.05, 0.1) is 19.0 Å². The van der Waals surface area contributed by atoms with Crippen LogP contribution in [0.2, 0.25) is 0 Å². The van der Waals surface area contributed by atoms with Crippen molar-refractivity contribution in [2.75, 3.05) is 7.11 Å². The Hall–Kier alpha value is -4.39. The standard InChI is InChI=1S/C28H27N5O2/c1-19-16-20(2)30-26-25(19)27(32-14-4-5-15-32)31-33(26)18-22-6-10-23(11-7-22)28(34)29-17-21-8-12-24(35-3)13-9-21/h4-16H,17-18H2,1-3H3,(H,29,34). The number of nitrogens with zero attached hydrogens (tertiary/aromatic N) is 4. The van der Waals surface area contributed by atoms with Crippen LogP contribution in [-0.4, -0.2) is 32.3 Å². The van der Waals surface area contributed by atoms with Crippen LogP contribution in [0, 0.1) is 13.8 Å². The van der Waals surface area contributed by atoms with Gasteiger partial charge in [-0.1, -0.05) is 24.3 Å². The Balaban J connectivity index is 1.34. The van der Waals surface area contributed by atoms with E-state index in [-0.39, 0.29) is 5.91 Å². The highest BCUT2D eigenvalue weighted by molar-refractivity contribution is 5.94. The summed E-state index contributed by atoms with van der Waals surface area (Å²) in [4.78, 5) is 17.4. The molecule has 3 heterocycles. The molecule has 0 fully saturated rings. The van der Waals surface area contributed by atoms with Crippen LogP contribution in [0.3, 0.4) is 0 Å². The molecule has 176 valence electrons. The van der Waals surface area contributed by atoms with Gasteiger partial charge in [0.1, 0.15) is 5.75 Å². The fraction of sp³-hybridized carbons (Fsp3) is 0.179. The number of methoxy groups -OCH3 is 1. The lowest BCUT2D eigenvalue weighted by atomic mass is 10.1. The van der Waals surface area contributed by atoms with Crippen LogP contribution in [0.25, 0.3) is 16.9 Å². The number of ether oxygens (including phenoxy) is 1. The number of benzene rings is 2. The van der Waals surface area contributed by atoms with Crippen molar-refractivity contribution in [2.45, 2.75) is 26.9 Å². The molecule has 2 aromatic carbocycles. The molecule has 0 saturated carbocycles. The van der Waals surface area contributed by atoms with Crippen LogP contribution < -0.4 is 10.1 Å². The lowest BCUT2D eigenvalue weighted by Gasteiger charge is -2.08. The number of carbonyl (C=O) groups is 1. The summed E-state index contributed by atoms with van der Waals surface area (Å²) in [5.41, 5.74) is 5.63. The fourth-order valence-electron chi connectivity index (χ4n) is 4.22. The Kier molecular flexibility index (Phi) is 6.06. The molecule has 1 amide bonds. The molecule has 0 aliphatic rings. The number of rotatable bonds is 7. The summed E-state index contributed by atoms with van der Waals surface area (Å²) >= 11 is 0. The maximum Gasteiger partial charge on any atom is 0.251 e. The predicted octanol–water partition coefficient (Wildman–Crippen LogP) is 4.83. The second-order valence-electron chi connectivity index (χ2n) is 8.58. The van der Waals surface area contributed by atoms with Crippen LogP contribution in [0.4, 0.5) is 0 Å². The van der Waals surface area contributed by atoms with Gasteiger partial charge in [-0.25, -0.2) is 9.67 Å². The van der Waals surface area contributed by atoms with E-state index in [4.69, 9.17) is 14.8 Å². The quantitative estimate of drug-likeness (QED) is 0.374. The minimum absolute atomic E-state index is 0.111. The van der Waals surface area contributed by atoms with E-state index in [9.17, 15) is 4.79 Å². The van der Waals surface area contributed by atoms with Gasteiger partial charge in [0.2, 0.25) is 0 Å². The van der Waals surface area contributed by atoms with Crippen molar-refractivity contribution >= 4 is 16.9 Å². The third-order valence-corrected chi connectivity index (χ3v) is 6.02. The van der Waals surface area contributed by atoms with E-state index in [1.807, 2.05) is 89.2 Å². The summed E-state index contributed by atoms with van der Waals surface area (Å²) in [5, 5.41) is 8.90. The molecule has 0 spiro atoms. The summed E-state index contributed by atoms with van der Waals surface area (Å²) < 4.78 is 9.12. The van der Waals surface area contributed by atoms with Crippen molar-refractivity contribution in [3.8, 4) is 11.6 Å². The highest BCUT2D eigenvalue weighted by atomic mass is 16.5. The van der Waals surface area contributed by atoms with Crippen molar-refractivity contribution in [3.63, 3.8) is 0 Å². The normalized spacial score (nSPS) is 11.1. The highest BCUT2D eigenvalue weighted by Crippen LogP contribution is 2.26. The number of pyridine rings is 1. The van der Waals surface area contributed by atoms with Gasteiger partial charge >= 0.3 is 0 Å². The Bertz CT molecular complexity index is 1470. The van der Waals surface area contributed by atoms with E-state index in [1.165, 1.54) is 0 Å². The largest absolute Gasteiger partial charge is 0.497 e. The molecule has 0 saturated heterocycles. The molecule has 3 aromatic heterocycles. The number of hydrogen-bond donors (Lipinski definition) is 1. The van der Waals surface area contributed by atoms with Gasteiger partial charge in [-0.15, -0.1) is 0 Å². The molecule has 5 rings (SSSR count). The maximum atomic E-state index is 12.6. The van der Waals surface area contributed by atoms with Gasteiger partial charge in [0, 0.05) is 30.2 Å². The van der Waals surface area contributed by atoms with Crippen molar-refractivity contribution < 1.29 is 9.53 Å². The van der Waals surface area contributed by atoms with Crippen LogP contribution in [0.15, 0.2) is 79.1 Å². The lowest BCUT2D eigenvalue weighted by molar-refractivity contribution is 0.0951. The number of fused-ring (bicyclic) bond motifs is 1. The zero-order valence-corrected chi connectivity index (χ0v) is 20.0. The zero-order chi connectivity index (χ0) is 24.4. The molecule has 0 radical (unpaired) electrons. The maximum absolute atomic E-state index is 12.6. The Morgan fingerprint density at radius 2 is 1.66 bits per heavy atom. The zero-order valence-electron chi connectivity index (χ0n) is 20.0. The molecule has 0 aliphatic carbocycles. The van der Waals surface area contributed by atoms with Crippen LogP contribution >= 0.6 is 0 Å². The minimum Gasteiger partial charge on any atom is -0.497 e. The van der Waals surface area contributed by atoms with E-state index < -0.39 is 0 Å². The molecule has 0 aliphatic heterocycles. The molecule has 0 unspecified atom stereocenters. The number of hydrogen-bond acceptors (Lipinski definition) is 4. The predicted molar refractivity (Wildman–Crippen MR) is 136 cm³/mol. The van der Waals surface area contributed by atoms with Crippen molar-refractivity contribution in [3.05, 3.63) is 107 Å². The molecule has 0 bridgehead atoms. The van der Waals surface area contributed by atoms with Crippen molar-refractivity contribution in [2.24, 2.45) is 0 Å². The third-order valence-electron chi connectivity index (χ3n) is 6.02. The van der Waals surface area contributed by atoms with E-state index in [0.717, 1.165) is 45.0 Å². The van der Waals surface area contributed by atoms with Crippen molar-refractivity contribution in [1.29, 1.82) is 0 Å². The molecule has 35 heavy (non-hydrogen) atoms. The molecule has 7 nitrogen and oxygen atoms in total. The van der Waals surface area contributed by atoms with Gasteiger partial charge in [-0.05, 0) is 73.0 Å². The van der Waals surface area contributed by atoms with Crippen molar-refractivity contribution in [1.82, 2.24) is 24.6 Å². The number of carbonyl (C=O) groups excluding carboxylic acids is 1. The first kappa shape index (κ1) is 22.4. The second kappa shape index (κ2) is 9.46. The van der Waals surface area contributed by atoms with Crippen LogP contribution in [-0.2, 0) is 13.1 Å². The topological polar surface area (TPSA) is 74.0 Å². The minimum atomic E-state index is -0.111. The first-order valence-corrected chi connectivity index (χ1v) is 11.5. The van der Waals surface area contributed by atoms with E-state index >= 15 is 0 Å². The third kappa shape index (κ3) is 4.66. The SMILES string of the molecule is COc1ccc(CNC(=O)c2ccc(Cn3nc(-n4cccc4)c4c(C)cc(C)nc43)cc2)cc1. The smallest absolute Gasteiger partial charge is 0.251 e. The second-order valence-corrected chi connectivity index (χ2v) is 8.58. The fourth-order valence-corrected chi connectivity index (χ4v) is 4.22. The average Bonchev–Trinajstić information content (AvgIpc) is 3.52. The van der Waals surface area contributed by atoms with E-state index in [2.05, 4.69) is 18.3 Å². The van der Waals surface area contributed by atoms with Crippen LogP contribution in [0.1, 0.15) is 32.7 Å². The summed E-state index contributed by atoms with van der Waals surface area (Å²) in [7, 11) is 1.63. The molecule has 5 aromatic rings. The Labute approximate surface area is 204 Å². The first-order chi connectivity index (χ1) is 17.0. The summed E-state index contributed by atoms with van der Waals surface area (Å²) in [6.07, 6.45) is 3.98. The monoisotopic (exact) mass is 465 g/mol. The first-order valence-electron chi connectivity index (χ1n) is 11.5. The molecular formula is C28H27N5O2. The van der Waals surface area contributed by atoms with E-state index in [0.29, 0.717) is 18.7 Å². The van der Waals surface area contributed by atoms with Gasteiger partial charge in [-0.3, -0.25) is 4.79 Å². The van der Waals surface area contributed by atoms with E-state index in [1.54, 1.807) is 7.11 Å². The Morgan fingerprint density at radius 1 is 0.971 bits per heavy atom. The Morgan fingerprint density at radius 3 is 2.34 bits per heavy atom. The number of amides is 1. The van der Waals surface area contributed by atoms with Crippen LogP contribution in [0.5, 0.6) is 5.75 Å². The summed E-state index contributed by atoms with van der Waals surface area (Å²) in [6, 6.07) is 21.3. The number of aryl methyl sites for hydroxylation is 2. The molecular weight excluding hydrogens is 438 g/mol. The molecule has 1 N–H and O–H groups in total. The number of nitrogens with one attached hydrogen (secondary N) is 1. The summed E-state index contributed by atoms with van der Waals surface area (Å²) in [5.74, 6) is 1.55. The van der Waals surface area contributed by atoms with Gasteiger partial charge in [0.15, 0.2) is 11.5 Å². The molecule has 0 atom stereocenters. The molecule has 7 heteroatoms. The average molecular weight is 466 g/mol. The van der Waals surface area contributed by atoms with Gasteiger partial charge in [-0.2, -0.15) is 5.10 Å². The van der Waals surface area contributed by atoms with Gasteiger partial charge in [0.25, 0.3) is 5.91 Å². The number of aromatic nitrogens is 4. The highest BCUT2D eigenvalue weighted by Gasteiger charge is 2.16.